The normalized spacial score (nSPS) is 19.0. The van der Waals surface area contributed by atoms with Crippen LogP contribution in [0, 0.1) is 0 Å². The summed E-state index contributed by atoms with van der Waals surface area (Å²) in [6.45, 7) is 9.79. The molecule has 0 radical (unpaired) electrons. The molecule has 0 spiro atoms. The number of imide groups is 1. The molecule has 4 amide bonds. The number of fused-ring (bicyclic) bond motifs is 1. The first-order chi connectivity index (χ1) is 13.3. The molecule has 0 aromatic heterocycles. The van der Waals surface area contributed by atoms with E-state index in [0.29, 0.717) is 18.7 Å². The molecule has 0 saturated carbocycles. The van der Waals surface area contributed by atoms with Crippen LogP contribution in [-0.4, -0.2) is 47.3 Å². The largest absolute Gasteiger partial charge is 0.337 e. The molecule has 1 fully saturated rings. The topological polar surface area (TPSA) is 69.7 Å². The van der Waals surface area contributed by atoms with E-state index in [4.69, 9.17) is 0 Å². The molecule has 0 aliphatic carbocycles. The fourth-order valence-corrected chi connectivity index (χ4v) is 3.47. The van der Waals surface area contributed by atoms with Crippen LogP contribution in [0.4, 0.5) is 4.79 Å². The van der Waals surface area contributed by atoms with Gasteiger partial charge in [-0.3, -0.25) is 14.5 Å². The summed E-state index contributed by atoms with van der Waals surface area (Å²) >= 11 is 0. The molecule has 1 saturated heterocycles. The van der Waals surface area contributed by atoms with Crippen molar-refractivity contribution in [2.24, 2.45) is 0 Å². The molecule has 6 nitrogen and oxygen atoms in total. The second-order valence-electron chi connectivity index (χ2n) is 7.37. The molecule has 1 atom stereocenters. The van der Waals surface area contributed by atoms with Gasteiger partial charge in [0.25, 0.3) is 5.91 Å². The van der Waals surface area contributed by atoms with Crippen molar-refractivity contribution >= 4 is 28.6 Å². The number of carbonyl (C=O) groups excluding carboxylic acids is 3. The van der Waals surface area contributed by atoms with Crippen LogP contribution in [0.2, 0.25) is 0 Å². The van der Waals surface area contributed by atoms with E-state index in [0.717, 1.165) is 21.2 Å². The number of benzene rings is 2. The van der Waals surface area contributed by atoms with E-state index in [1.54, 1.807) is 11.8 Å². The third-order valence-electron chi connectivity index (χ3n) is 5.09. The molecule has 2 aromatic rings. The number of nitrogens with one attached hydrogen (secondary N) is 1. The zero-order valence-corrected chi connectivity index (χ0v) is 16.5. The van der Waals surface area contributed by atoms with Crippen LogP contribution in [0.1, 0.15) is 26.3 Å². The summed E-state index contributed by atoms with van der Waals surface area (Å²) in [6, 6.07) is 12.9. The van der Waals surface area contributed by atoms with E-state index in [1.165, 1.54) is 0 Å². The van der Waals surface area contributed by atoms with E-state index in [-0.39, 0.29) is 12.5 Å². The van der Waals surface area contributed by atoms with Crippen LogP contribution >= 0.6 is 0 Å². The highest BCUT2D eigenvalue weighted by Crippen LogP contribution is 2.31. The van der Waals surface area contributed by atoms with Gasteiger partial charge in [0.2, 0.25) is 5.91 Å². The number of carbonyl (C=O) groups is 3. The molecular weight excluding hydrogens is 354 g/mol. The van der Waals surface area contributed by atoms with Crippen molar-refractivity contribution in [1.29, 1.82) is 0 Å². The van der Waals surface area contributed by atoms with Gasteiger partial charge in [-0.15, -0.1) is 0 Å². The predicted octanol–water partition coefficient (Wildman–Crippen LogP) is 3.03. The second kappa shape index (κ2) is 7.46. The van der Waals surface area contributed by atoms with Gasteiger partial charge in [0, 0.05) is 13.1 Å². The van der Waals surface area contributed by atoms with E-state index in [9.17, 15) is 14.4 Å². The number of hydrogen-bond donors (Lipinski definition) is 1. The summed E-state index contributed by atoms with van der Waals surface area (Å²) in [4.78, 5) is 40.8. The highest BCUT2D eigenvalue weighted by molar-refractivity contribution is 6.09. The summed E-state index contributed by atoms with van der Waals surface area (Å²) in [5.74, 6) is -0.704. The zero-order chi connectivity index (χ0) is 20.5. The molecule has 146 valence electrons. The average Bonchev–Trinajstić information content (AvgIpc) is 2.89. The lowest BCUT2D eigenvalue weighted by Gasteiger charge is -2.25. The Morgan fingerprint density at radius 3 is 2.50 bits per heavy atom. The maximum atomic E-state index is 13.1. The van der Waals surface area contributed by atoms with Gasteiger partial charge in [0.15, 0.2) is 0 Å². The van der Waals surface area contributed by atoms with Gasteiger partial charge >= 0.3 is 6.03 Å². The van der Waals surface area contributed by atoms with E-state index < -0.39 is 17.5 Å². The lowest BCUT2D eigenvalue weighted by Crippen LogP contribution is -2.44. The van der Waals surface area contributed by atoms with Gasteiger partial charge in [0.05, 0.1) is 0 Å². The predicted molar refractivity (Wildman–Crippen MR) is 109 cm³/mol. The van der Waals surface area contributed by atoms with E-state index in [1.807, 2.05) is 56.3 Å². The smallest absolute Gasteiger partial charge is 0.325 e. The quantitative estimate of drug-likeness (QED) is 0.620. The molecule has 2 aromatic carbocycles. The highest BCUT2D eigenvalue weighted by atomic mass is 16.2. The van der Waals surface area contributed by atoms with Crippen LogP contribution in [-0.2, 0) is 15.1 Å². The number of urea groups is 1. The van der Waals surface area contributed by atoms with Crippen molar-refractivity contribution in [2.45, 2.75) is 26.3 Å². The number of nitrogens with zero attached hydrogens (tertiary/aromatic N) is 2. The number of rotatable bonds is 6. The van der Waals surface area contributed by atoms with Gasteiger partial charge in [-0.2, -0.15) is 0 Å². The van der Waals surface area contributed by atoms with Crippen LogP contribution in [0.15, 0.2) is 54.6 Å². The number of likely N-dealkylation sites (N-methyl/N-ethyl adjacent to an activating group) is 1. The maximum absolute atomic E-state index is 13.1. The Bertz CT molecular complexity index is 968. The average molecular weight is 379 g/mol. The lowest BCUT2D eigenvalue weighted by atomic mass is 9.90. The minimum Gasteiger partial charge on any atom is -0.337 e. The van der Waals surface area contributed by atoms with Crippen molar-refractivity contribution in [3.63, 3.8) is 0 Å². The summed E-state index contributed by atoms with van der Waals surface area (Å²) in [7, 11) is 0. The SMILES string of the molecule is C=C(C)CN(CC)C(=O)CN1C(=O)N[C@](C)(c2ccc3ccccc3c2)C1=O. The lowest BCUT2D eigenvalue weighted by molar-refractivity contribution is -0.138. The van der Waals surface area contributed by atoms with Gasteiger partial charge < -0.3 is 10.2 Å². The number of hydrogen-bond acceptors (Lipinski definition) is 3. The Hall–Kier alpha value is -3.15. The molecule has 1 N–H and O–H groups in total. The standard InChI is InChI=1S/C22H25N3O3/c1-5-24(13-15(2)3)19(26)14-25-20(27)22(4,23-21(25)28)18-11-10-16-8-6-7-9-17(16)12-18/h6-12H,2,5,13-14H2,1,3-4H3,(H,23,28)/t22-/m1/s1. The molecular formula is C22H25N3O3. The molecule has 0 unspecified atom stereocenters. The van der Waals surface area contributed by atoms with Gasteiger partial charge in [-0.1, -0.05) is 48.6 Å². The van der Waals surface area contributed by atoms with Crippen LogP contribution in [0.3, 0.4) is 0 Å². The second-order valence-corrected chi connectivity index (χ2v) is 7.37. The summed E-state index contributed by atoms with van der Waals surface area (Å²) in [6.07, 6.45) is 0. The van der Waals surface area contributed by atoms with Gasteiger partial charge in [0.1, 0.15) is 12.1 Å². The molecule has 3 rings (SSSR count). The fraction of sp³-hybridized carbons (Fsp3) is 0.318. The Morgan fingerprint density at radius 1 is 1.18 bits per heavy atom. The summed E-state index contributed by atoms with van der Waals surface area (Å²) in [5, 5.41) is 4.80. The van der Waals surface area contributed by atoms with E-state index in [2.05, 4.69) is 11.9 Å². The van der Waals surface area contributed by atoms with Crippen LogP contribution in [0.5, 0.6) is 0 Å². The van der Waals surface area contributed by atoms with Crippen molar-refractivity contribution in [1.82, 2.24) is 15.1 Å². The Morgan fingerprint density at radius 2 is 1.86 bits per heavy atom. The third-order valence-corrected chi connectivity index (χ3v) is 5.09. The summed E-state index contributed by atoms with van der Waals surface area (Å²) < 4.78 is 0. The summed E-state index contributed by atoms with van der Waals surface area (Å²) in [5.41, 5.74) is 0.328. The first kappa shape index (κ1) is 19.6. The molecule has 6 heteroatoms. The molecule has 1 aliphatic rings. The van der Waals surface area contributed by atoms with Crippen molar-refractivity contribution in [2.75, 3.05) is 19.6 Å². The van der Waals surface area contributed by atoms with Crippen molar-refractivity contribution in [3.8, 4) is 0 Å². The Labute approximate surface area is 164 Å². The van der Waals surface area contributed by atoms with E-state index >= 15 is 0 Å². The molecule has 28 heavy (non-hydrogen) atoms. The maximum Gasteiger partial charge on any atom is 0.325 e. The fourth-order valence-electron chi connectivity index (χ4n) is 3.47. The third kappa shape index (κ3) is 3.50. The Balaban J connectivity index is 1.85. The molecule has 1 aliphatic heterocycles. The minimum atomic E-state index is -1.20. The van der Waals surface area contributed by atoms with Crippen molar-refractivity contribution < 1.29 is 14.4 Å². The Kier molecular flexibility index (Phi) is 5.23. The monoisotopic (exact) mass is 379 g/mol. The number of amides is 4. The zero-order valence-electron chi connectivity index (χ0n) is 16.5. The van der Waals surface area contributed by atoms with Crippen LogP contribution < -0.4 is 5.32 Å². The highest BCUT2D eigenvalue weighted by Gasteiger charge is 2.49. The van der Waals surface area contributed by atoms with Gasteiger partial charge in [-0.25, -0.2) is 4.79 Å². The van der Waals surface area contributed by atoms with Crippen molar-refractivity contribution in [3.05, 3.63) is 60.2 Å². The first-order valence-electron chi connectivity index (χ1n) is 9.32. The molecule has 0 bridgehead atoms. The minimum absolute atomic E-state index is 0.281. The molecule has 1 heterocycles. The van der Waals surface area contributed by atoms with Gasteiger partial charge in [-0.05, 0) is 43.2 Å². The first-order valence-corrected chi connectivity index (χ1v) is 9.32. The van der Waals surface area contributed by atoms with Crippen LogP contribution in [0.25, 0.3) is 10.8 Å².